The molecule has 0 N–H and O–H groups in total. The lowest BCUT2D eigenvalue weighted by Gasteiger charge is -2.06. The number of aryl methyl sites for hydroxylation is 4. The van der Waals surface area contributed by atoms with Crippen molar-refractivity contribution in [3.8, 4) is 0 Å². The molecule has 0 fully saturated rings. The average molecular weight is 358 g/mol. The van der Waals surface area contributed by atoms with Crippen LogP contribution in [0.15, 0.2) is 12.4 Å². The fourth-order valence-corrected chi connectivity index (χ4v) is 3.27. The van der Waals surface area contributed by atoms with Crippen molar-refractivity contribution in [1.29, 1.82) is 0 Å². The summed E-state index contributed by atoms with van der Waals surface area (Å²) in [5.74, 6) is 1.11. The molecule has 4 nitrogen and oxygen atoms in total. The van der Waals surface area contributed by atoms with Gasteiger partial charge in [-0.1, -0.05) is 13.8 Å². The van der Waals surface area contributed by atoms with Crippen molar-refractivity contribution in [3.63, 3.8) is 0 Å². The molecule has 0 aliphatic carbocycles. The number of aromatic nitrogens is 4. The molecule has 98 valence electrons. The Morgan fingerprint density at radius 2 is 2.06 bits per heavy atom. The number of imidazole rings is 1. The van der Waals surface area contributed by atoms with Gasteiger partial charge in [0.1, 0.15) is 5.82 Å². The van der Waals surface area contributed by atoms with E-state index >= 15 is 0 Å². The first kappa shape index (κ1) is 13.6. The molecule has 2 heterocycles. The molecule has 0 bridgehead atoms. The first-order valence-electron chi connectivity index (χ1n) is 6.37. The molecule has 0 amide bonds. The molecule has 0 saturated heterocycles. The first-order valence-corrected chi connectivity index (χ1v) is 7.45. The van der Waals surface area contributed by atoms with E-state index in [1.54, 1.807) is 0 Å². The highest BCUT2D eigenvalue weighted by molar-refractivity contribution is 14.1. The maximum absolute atomic E-state index is 4.70. The van der Waals surface area contributed by atoms with E-state index in [1.807, 2.05) is 19.4 Å². The van der Waals surface area contributed by atoms with Gasteiger partial charge < -0.3 is 4.57 Å². The molecule has 0 aliphatic rings. The van der Waals surface area contributed by atoms with Crippen LogP contribution in [-0.2, 0) is 32.9 Å². The summed E-state index contributed by atoms with van der Waals surface area (Å²) in [5.41, 5.74) is 2.56. The Kier molecular flexibility index (Phi) is 4.42. The lowest BCUT2D eigenvalue weighted by molar-refractivity contribution is 0.562. The van der Waals surface area contributed by atoms with Gasteiger partial charge in [0.25, 0.3) is 0 Å². The van der Waals surface area contributed by atoms with Crippen molar-refractivity contribution in [1.82, 2.24) is 19.3 Å². The Bertz CT molecular complexity index is 527. The third-order valence-electron chi connectivity index (χ3n) is 3.20. The molecule has 5 heteroatoms. The predicted octanol–water partition coefficient (Wildman–Crippen LogP) is 2.59. The van der Waals surface area contributed by atoms with E-state index < -0.39 is 0 Å². The Balaban J connectivity index is 2.16. The maximum atomic E-state index is 4.70. The van der Waals surface area contributed by atoms with E-state index in [0.29, 0.717) is 0 Å². The van der Waals surface area contributed by atoms with Gasteiger partial charge in [-0.2, -0.15) is 5.10 Å². The van der Waals surface area contributed by atoms with Crippen LogP contribution in [0.5, 0.6) is 0 Å². The Labute approximate surface area is 122 Å². The van der Waals surface area contributed by atoms with E-state index in [0.717, 1.165) is 31.6 Å². The summed E-state index contributed by atoms with van der Waals surface area (Å²) in [6, 6.07) is 0. The summed E-state index contributed by atoms with van der Waals surface area (Å²) in [4.78, 5) is 4.36. The van der Waals surface area contributed by atoms with E-state index in [2.05, 4.69) is 50.7 Å². The largest absolute Gasteiger partial charge is 0.338 e. The molecule has 18 heavy (non-hydrogen) atoms. The number of halogens is 1. The molecule has 2 rings (SSSR count). The van der Waals surface area contributed by atoms with E-state index in [4.69, 9.17) is 5.10 Å². The highest BCUT2D eigenvalue weighted by atomic mass is 127. The van der Waals surface area contributed by atoms with Gasteiger partial charge in [-0.05, 0) is 35.4 Å². The fraction of sp³-hybridized carbons (Fsp3) is 0.538. The van der Waals surface area contributed by atoms with Crippen molar-refractivity contribution >= 4 is 22.6 Å². The van der Waals surface area contributed by atoms with Crippen molar-refractivity contribution in [2.45, 2.75) is 39.7 Å². The average Bonchev–Trinajstić information content (AvgIpc) is 2.90. The number of hydrogen-bond acceptors (Lipinski definition) is 2. The molecule has 0 radical (unpaired) electrons. The lowest BCUT2D eigenvalue weighted by Crippen LogP contribution is -2.10. The summed E-state index contributed by atoms with van der Waals surface area (Å²) in [6.45, 7) is 5.26. The molecule has 0 aliphatic heterocycles. The minimum absolute atomic E-state index is 0.907. The summed E-state index contributed by atoms with van der Waals surface area (Å²) >= 11 is 2.42. The maximum Gasteiger partial charge on any atom is 0.110 e. The first-order chi connectivity index (χ1) is 8.67. The molecule has 0 spiro atoms. The van der Waals surface area contributed by atoms with Crippen LogP contribution < -0.4 is 0 Å². The number of nitrogens with zero attached hydrogens (tertiary/aromatic N) is 4. The van der Waals surface area contributed by atoms with Gasteiger partial charge >= 0.3 is 0 Å². The molecule has 0 saturated carbocycles. The minimum atomic E-state index is 0.907. The second kappa shape index (κ2) is 5.86. The van der Waals surface area contributed by atoms with Crippen LogP contribution in [0.1, 0.15) is 31.1 Å². The highest BCUT2D eigenvalue weighted by Crippen LogP contribution is 2.18. The van der Waals surface area contributed by atoms with Crippen LogP contribution in [0.3, 0.4) is 0 Å². The van der Waals surface area contributed by atoms with Crippen LogP contribution >= 0.6 is 22.6 Å². The molecule has 2 aromatic rings. The van der Waals surface area contributed by atoms with Crippen LogP contribution in [-0.4, -0.2) is 19.3 Å². The Hall–Kier alpha value is -0.850. The fourth-order valence-electron chi connectivity index (χ4n) is 2.12. The van der Waals surface area contributed by atoms with Gasteiger partial charge in [0, 0.05) is 32.4 Å². The smallest absolute Gasteiger partial charge is 0.110 e. The van der Waals surface area contributed by atoms with Gasteiger partial charge in [0.05, 0.1) is 15.0 Å². The van der Waals surface area contributed by atoms with Crippen LogP contribution in [0.2, 0.25) is 0 Å². The van der Waals surface area contributed by atoms with Gasteiger partial charge in [-0.15, -0.1) is 0 Å². The zero-order valence-corrected chi connectivity index (χ0v) is 13.3. The molecular formula is C13H19IN4. The van der Waals surface area contributed by atoms with Gasteiger partial charge in [0.2, 0.25) is 0 Å². The second-order valence-electron chi connectivity index (χ2n) is 4.34. The van der Waals surface area contributed by atoms with Gasteiger partial charge in [-0.25, -0.2) is 4.98 Å². The molecular weight excluding hydrogens is 339 g/mol. The van der Waals surface area contributed by atoms with Crippen molar-refractivity contribution in [2.75, 3.05) is 0 Å². The third kappa shape index (κ3) is 2.60. The predicted molar refractivity (Wildman–Crippen MR) is 80.6 cm³/mol. The summed E-state index contributed by atoms with van der Waals surface area (Å²) in [7, 11) is 2.04. The SMILES string of the molecule is CCc1nn(CCc2nccn2C)c(CC)c1I. The van der Waals surface area contributed by atoms with Crippen molar-refractivity contribution in [3.05, 3.63) is 33.2 Å². The monoisotopic (exact) mass is 358 g/mol. The van der Waals surface area contributed by atoms with Crippen molar-refractivity contribution < 1.29 is 0 Å². The number of hydrogen-bond donors (Lipinski definition) is 0. The van der Waals surface area contributed by atoms with E-state index in [-0.39, 0.29) is 0 Å². The minimum Gasteiger partial charge on any atom is -0.338 e. The zero-order chi connectivity index (χ0) is 13.1. The van der Waals surface area contributed by atoms with E-state index in [9.17, 15) is 0 Å². The Morgan fingerprint density at radius 3 is 2.61 bits per heavy atom. The topological polar surface area (TPSA) is 35.6 Å². The van der Waals surface area contributed by atoms with Gasteiger partial charge in [-0.3, -0.25) is 4.68 Å². The normalized spacial score (nSPS) is 11.1. The molecule has 0 aromatic carbocycles. The lowest BCUT2D eigenvalue weighted by atomic mass is 10.2. The highest BCUT2D eigenvalue weighted by Gasteiger charge is 2.13. The Morgan fingerprint density at radius 1 is 1.28 bits per heavy atom. The molecule has 0 atom stereocenters. The molecule has 0 unspecified atom stereocenters. The summed E-state index contributed by atoms with van der Waals surface area (Å²) < 4.78 is 5.55. The number of rotatable bonds is 5. The third-order valence-corrected chi connectivity index (χ3v) is 4.44. The van der Waals surface area contributed by atoms with Crippen LogP contribution in [0.25, 0.3) is 0 Å². The quantitative estimate of drug-likeness (QED) is 0.771. The standard InChI is InChI=1S/C13H19IN4/c1-4-10-13(14)11(5-2)18(16-10)8-6-12-15-7-9-17(12)3/h7,9H,4-6,8H2,1-3H3. The van der Waals surface area contributed by atoms with E-state index in [1.165, 1.54) is 15.0 Å². The van der Waals surface area contributed by atoms with Crippen LogP contribution in [0, 0.1) is 3.57 Å². The molecule has 2 aromatic heterocycles. The van der Waals surface area contributed by atoms with Crippen LogP contribution in [0.4, 0.5) is 0 Å². The second-order valence-corrected chi connectivity index (χ2v) is 5.42. The summed E-state index contributed by atoms with van der Waals surface area (Å²) in [6.07, 6.45) is 6.80. The zero-order valence-electron chi connectivity index (χ0n) is 11.1. The van der Waals surface area contributed by atoms with Gasteiger partial charge in [0.15, 0.2) is 0 Å². The summed E-state index contributed by atoms with van der Waals surface area (Å²) in [5, 5.41) is 4.70. The van der Waals surface area contributed by atoms with Crippen molar-refractivity contribution in [2.24, 2.45) is 7.05 Å².